The number of likely N-dealkylation sites (N-methyl/N-ethyl adjacent to an activating group) is 1. The molecule has 0 bridgehead atoms. The molecule has 0 spiro atoms. The van der Waals surface area contributed by atoms with Crippen LogP contribution in [0.3, 0.4) is 0 Å². The molecule has 1 N–H and O–H groups in total. The smallest absolute Gasteiger partial charge is 0.173 e. The minimum atomic E-state index is -1.02. The minimum Gasteiger partial charge on any atom is -0.405 e. The van der Waals surface area contributed by atoms with Crippen LogP contribution in [0.15, 0.2) is 0 Å². The van der Waals surface area contributed by atoms with E-state index in [1.807, 2.05) is 7.05 Å². The van der Waals surface area contributed by atoms with Gasteiger partial charge >= 0.3 is 0 Å². The van der Waals surface area contributed by atoms with Crippen molar-refractivity contribution < 1.29 is 9.53 Å². The van der Waals surface area contributed by atoms with E-state index in [1.165, 1.54) is 0 Å². The van der Waals surface area contributed by atoms with Crippen LogP contribution >= 0.6 is 0 Å². The Balaban J connectivity index is 4.30. The first kappa shape index (κ1) is 15.1. The Hall–Kier alpha value is 0.0969. The quantitative estimate of drug-likeness (QED) is 0.559. The summed E-state index contributed by atoms with van der Waals surface area (Å²) < 4.78 is 5.99. The Morgan fingerprint density at radius 3 is 2.20 bits per heavy atom. The fraction of sp³-hybridized carbons (Fsp3) is 1.00. The molecule has 0 radical (unpaired) electrons. The average molecular weight is 233 g/mol. The Labute approximate surface area is 96.2 Å². The van der Waals surface area contributed by atoms with Crippen molar-refractivity contribution in [3.8, 4) is 0 Å². The molecule has 1 atom stereocenters. The first-order valence-electron chi connectivity index (χ1n) is 5.73. The van der Waals surface area contributed by atoms with E-state index < -0.39 is 9.04 Å². The average Bonchev–Trinajstić information content (AvgIpc) is 1.99. The van der Waals surface area contributed by atoms with Gasteiger partial charge in [0.05, 0.1) is 12.8 Å². The van der Waals surface area contributed by atoms with Gasteiger partial charge in [-0.2, -0.15) is 0 Å². The first-order valence-corrected chi connectivity index (χ1v) is 8.51. The van der Waals surface area contributed by atoms with Crippen molar-refractivity contribution in [2.75, 3.05) is 20.2 Å². The lowest BCUT2D eigenvalue weighted by Gasteiger charge is -2.34. The molecule has 0 aromatic carbocycles. The molecular weight excluding hydrogens is 206 g/mol. The van der Waals surface area contributed by atoms with Crippen molar-refractivity contribution in [3.05, 3.63) is 0 Å². The molecule has 0 heterocycles. The predicted octanol–water partition coefficient (Wildman–Crippen LogP) is 1.67. The van der Waals surface area contributed by atoms with E-state index in [0.29, 0.717) is 6.54 Å². The largest absolute Gasteiger partial charge is 0.405 e. The second-order valence-electron chi connectivity index (χ2n) is 5.61. The molecular formula is C11H27NO2Si. The summed E-state index contributed by atoms with van der Waals surface area (Å²) in [5.74, 6) is 0. The summed E-state index contributed by atoms with van der Waals surface area (Å²) in [6, 6.07) is 0. The summed E-state index contributed by atoms with van der Waals surface area (Å²) in [7, 11) is 0.995. The molecule has 0 fully saturated rings. The van der Waals surface area contributed by atoms with Crippen LogP contribution in [0.25, 0.3) is 0 Å². The van der Waals surface area contributed by atoms with Gasteiger partial charge in [-0.1, -0.05) is 20.8 Å². The highest BCUT2D eigenvalue weighted by molar-refractivity contribution is 6.48. The van der Waals surface area contributed by atoms with E-state index >= 15 is 0 Å². The number of hydrogen-bond donors (Lipinski definition) is 1. The van der Waals surface area contributed by atoms with Crippen LogP contribution in [0.2, 0.25) is 13.1 Å². The normalized spacial score (nSPS) is 15.0. The van der Waals surface area contributed by atoms with Gasteiger partial charge in [-0.15, -0.1) is 0 Å². The maximum atomic E-state index is 8.93. The molecule has 0 rings (SSSR count). The molecule has 4 heteroatoms. The second-order valence-corrected chi connectivity index (χ2v) is 7.98. The topological polar surface area (TPSA) is 32.7 Å². The van der Waals surface area contributed by atoms with Gasteiger partial charge in [0.2, 0.25) is 0 Å². The zero-order chi connectivity index (χ0) is 12.1. The van der Waals surface area contributed by atoms with Crippen LogP contribution < -0.4 is 0 Å². The lowest BCUT2D eigenvalue weighted by molar-refractivity contribution is 0.00360. The number of aliphatic hydroxyl groups is 1. The summed E-state index contributed by atoms with van der Waals surface area (Å²) in [5.41, 5.74) is 0.262. The lowest BCUT2D eigenvalue weighted by Crippen LogP contribution is -2.41. The van der Waals surface area contributed by atoms with Gasteiger partial charge in [0.15, 0.2) is 9.04 Å². The molecule has 0 saturated heterocycles. The van der Waals surface area contributed by atoms with Gasteiger partial charge < -0.3 is 9.53 Å². The first-order chi connectivity index (χ1) is 6.76. The van der Waals surface area contributed by atoms with Gasteiger partial charge in [0.1, 0.15) is 0 Å². The maximum absolute atomic E-state index is 8.93. The summed E-state index contributed by atoms with van der Waals surface area (Å²) in [4.78, 5) is 2.11. The Kier molecular flexibility index (Phi) is 6.67. The van der Waals surface area contributed by atoms with E-state index in [-0.39, 0.29) is 18.2 Å². The number of rotatable bonds is 6. The summed E-state index contributed by atoms with van der Waals surface area (Å²) >= 11 is 0. The van der Waals surface area contributed by atoms with Gasteiger partial charge in [-0.05, 0) is 32.0 Å². The van der Waals surface area contributed by atoms with Gasteiger partial charge in [-0.3, -0.25) is 4.90 Å². The number of aliphatic hydroxyl groups excluding tert-OH is 1. The lowest BCUT2D eigenvalue weighted by atomic mass is 9.91. The fourth-order valence-corrected chi connectivity index (χ4v) is 2.38. The molecule has 0 aliphatic rings. The Morgan fingerprint density at radius 2 is 1.87 bits per heavy atom. The third-order valence-corrected chi connectivity index (χ3v) is 3.02. The van der Waals surface area contributed by atoms with Crippen LogP contribution in [0.1, 0.15) is 27.2 Å². The van der Waals surface area contributed by atoms with Crippen LogP contribution in [0, 0.1) is 5.41 Å². The fourth-order valence-electron chi connectivity index (χ4n) is 1.45. The molecule has 0 aliphatic carbocycles. The van der Waals surface area contributed by atoms with Crippen LogP contribution in [-0.2, 0) is 4.43 Å². The SMILES string of the molecule is CN(CCO)C(CC(C)(C)C)O[SiH](C)C. The highest BCUT2D eigenvalue weighted by Gasteiger charge is 2.23. The monoisotopic (exact) mass is 233 g/mol. The molecule has 15 heavy (non-hydrogen) atoms. The van der Waals surface area contributed by atoms with Crippen LogP contribution in [0.4, 0.5) is 0 Å². The van der Waals surface area contributed by atoms with Crippen molar-refractivity contribution in [1.82, 2.24) is 4.90 Å². The van der Waals surface area contributed by atoms with Crippen LogP contribution in [-0.4, -0.2) is 45.5 Å². The molecule has 0 aromatic heterocycles. The van der Waals surface area contributed by atoms with Gasteiger partial charge in [-0.25, -0.2) is 0 Å². The van der Waals surface area contributed by atoms with Crippen molar-refractivity contribution in [3.63, 3.8) is 0 Å². The van der Waals surface area contributed by atoms with Crippen molar-refractivity contribution in [2.45, 2.75) is 46.5 Å². The number of nitrogens with zero attached hydrogens (tertiary/aromatic N) is 1. The molecule has 1 unspecified atom stereocenters. The number of hydrogen-bond acceptors (Lipinski definition) is 3. The highest BCUT2D eigenvalue weighted by Crippen LogP contribution is 2.24. The van der Waals surface area contributed by atoms with E-state index in [2.05, 4.69) is 38.8 Å². The second kappa shape index (κ2) is 6.63. The van der Waals surface area contributed by atoms with E-state index in [0.717, 1.165) is 6.42 Å². The molecule has 0 saturated carbocycles. The predicted molar refractivity (Wildman–Crippen MR) is 67.5 cm³/mol. The zero-order valence-corrected chi connectivity index (χ0v) is 12.2. The molecule has 0 amide bonds. The zero-order valence-electron chi connectivity index (χ0n) is 11.1. The van der Waals surface area contributed by atoms with Gasteiger partial charge in [0.25, 0.3) is 0 Å². The summed E-state index contributed by atoms with van der Waals surface area (Å²) in [5, 5.41) is 8.93. The van der Waals surface area contributed by atoms with Crippen molar-refractivity contribution in [2.24, 2.45) is 5.41 Å². The summed E-state index contributed by atoms with van der Waals surface area (Å²) in [6.45, 7) is 11.9. The third kappa shape index (κ3) is 7.96. The van der Waals surface area contributed by atoms with E-state index in [1.54, 1.807) is 0 Å². The van der Waals surface area contributed by atoms with Crippen LogP contribution in [0.5, 0.6) is 0 Å². The molecule has 3 nitrogen and oxygen atoms in total. The van der Waals surface area contributed by atoms with E-state index in [4.69, 9.17) is 9.53 Å². The standard InChI is InChI=1S/C11H27NO2Si/c1-11(2,3)9-10(14-15(5)6)12(4)7-8-13/h10,13,15H,7-9H2,1-6H3. The minimum absolute atomic E-state index is 0.156. The molecule has 0 aliphatic heterocycles. The molecule has 0 aromatic rings. The molecule has 92 valence electrons. The van der Waals surface area contributed by atoms with Crippen molar-refractivity contribution >= 4 is 9.04 Å². The van der Waals surface area contributed by atoms with E-state index in [9.17, 15) is 0 Å². The summed E-state index contributed by atoms with van der Waals surface area (Å²) in [6.07, 6.45) is 1.16. The maximum Gasteiger partial charge on any atom is 0.173 e. The van der Waals surface area contributed by atoms with Crippen molar-refractivity contribution in [1.29, 1.82) is 0 Å². The Morgan fingerprint density at radius 1 is 1.33 bits per heavy atom. The highest BCUT2D eigenvalue weighted by atomic mass is 28.3. The Bertz CT molecular complexity index is 168. The third-order valence-electron chi connectivity index (χ3n) is 2.16. The van der Waals surface area contributed by atoms with Gasteiger partial charge in [0, 0.05) is 6.54 Å².